The molecular formula is C23H17FN4O2. The summed E-state index contributed by atoms with van der Waals surface area (Å²) in [5.41, 5.74) is -2.26. The third kappa shape index (κ3) is 2.15. The van der Waals surface area contributed by atoms with Gasteiger partial charge in [0, 0.05) is 5.56 Å². The minimum absolute atomic E-state index is 0.222. The molecule has 0 spiro atoms. The minimum atomic E-state index is -2.11. The van der Waals surface area contributed by atoms with Crippen LogP contribution in [-0.4, -0.2) is 5.90 Å². The lowest BCUT2D eigenvalue weighted by Gasteiger charge is -2.48. The van der Waals surface area contributed by atoms with E-state index in [1.165, 1.54) is 24.3 Å². The highest BCUT2D eigenvalue weighted by atomic mass is 19.1. The van der Waals surface area contributed by atoms with Gasteiger partial charge in [-0.1, -0.05) is 48.9 Å². The fourth-order valence-corrected chi connectivity index (χ4v) is 4.62. The number of fused-ring (bicyclic) bond motifs is 2. The van der Waals surface area contributed by atoms with Gasteiger partial charge in [0.1, 0.15) is 11.9 Å². The molecule has 2 heterocycles. The van der Waals surface area contributed by atoms with E-state index < -0.39 is 40.4 Å². The number of ether oxygens (including phenoxy) is 2. The number of rotatable bonds is 2. The molecule has 1 N–H and O–H groups in total. The summed E-state index contributed by atoms with van der Waals surface area (Å²) >= 11 is 0. The Kier molecular flexibility index (Phi) is 4.17. The van der Waals surface area contributed by atoms with E-state index in [9.17, 15) is 20.2 Å². The molecule has 0 saturated carbocycles. The Morgan fingerprint density at radius 1 is 1.03 bits per heavy atom. The normalized spacial score (nSPS) is 31.1. The molecule has 4 unspecified atom stereocenters. The third-order valence-corrected chi connectivity index (χ3v) is 6.27. The van der Waals surface area contributed by atoms with Crippen molar-refractivity contribution in [1.29, 1.82) is 21.2 Å². The standard InChI is InChI=1S/C23H17FN4O2/c1-14-6-8-17(9-7-14)23-15(2)22(13-27,20(28)30-23)21(11-25,12-26)19(29-23)16-4-3-5-18(24)10-16/h3-10,15,19,28H,1-2H3. The van der Waals surface area contributed by atoms with E-state index in [0.717, 1.165) is 5.56 Å². The maximum atomic E-state index is 14.0. The van der Waals surface area contributed by atoms with Gasteiger partial charge in [0.05, 0.1) is 24.1 Å². The summed E-state index contributed by atoms with van der Waals surface area (Å²) in [4.78, 5) is 0. The second kappa shape index (κ2) is 6.39. The highest BCUT2D eigenvalue weighted by Crippen LogP contribution is 2.68. The molecule has 0 aromatic heterocycles. The van der Waals surface area contributed by atoms with Gasteiger partial charge in [0.25, 0.3) is 0 Å². The second-order valence-electron chi connectivity index (χ2n) is 7.69. The van der Waals surface area contributed by atoms with Gasteiger partial charge < -0.3 is 9.47 Å². The van der Waals surface area contributed by atoms with E-state index in [1.807, 2.05) is 31.2 Å². The Morgan fingerprint density at radius 3 is 2.27 bits per heavy atom. The lowest BCUT2D eigenvalue weighted by atomic mass is 9.53. The van der Waals surface area contributed by atoms with Gasteiger partial charge in [-0.15, -0.1) is 0 Å². The monoisotopic (exact) mass is 400 g/mol. The van der Waals surface area contributed by atoms with Gasteiger partial charge in [0.15, 0.2) is 5.41 Å². The summed E-state index contributed by atoms with van der Waals surface area (Å²) in [6, 6.07) is 18.5. The van der Waals surface area contributed by atoms with E-state index >= 15 is 0 Å². The van der Waals surface area contributed by atoms with Crippen LogP contribution in [0.2, 0.25) is 0 Å². The Labute approximate surface area is 173 Å². The summed E-state index contributed by atoms with van der Waals surface area (Å²) in [6.07, 6.45) is -1.32. The highest BCUT2D eigenvalue weighted by Gasteiger charge is 2.79. The number of nitrogens with one attached hydrogen (secondary N) is 1. The first kappa shape index (κ1) is 19.6. The molecule has 4 atom stereocenters. The summed E-state index contributed by atoms with van der Waals surface area (Å²) in [6.45, 7) is 3.55. The van der Waals surface area contributed by atoms with Gasteiger partial charge in [-0.05, 0) is 24.6 Å². The molecule has 4 rings (SSSR count). The Morgan fingerprint density at radius 2 is 1.70 bits per heavy atom. The van der Waals surface area contributed by atoms with Crippen LogP contribution in [0.5, 0.6) is 0 Å². The number of nitrogens with zero attached hydrogens (tertiary/aromatic N) is 3. The average molecular weight is 400 g/mol. The Hall–Kier alpha value is -3.73. The first-order chi connectivity index (χ1) is 14.3. The zero-order valence-corrected chi connectivity index (χ0v) is 16.3. The van der Waals surface area contributed by atoms with Crippen molar-refractivity contribution in [2.75, 3.05) is 0 Å². The van der Waals surface area contributed by atoms with E-state index in [2.05, 4.69) is 6.07 Å². The minimum Gasteiger partial charge on any atom is -0.443 e. The summed E-state index contributed by atoms with van der Waals surface area (Å²) in [5, 5.41) is 39.0. The summed E-state index contributed by atoms with van der Waals surface area (Å²) in [5.74, 6) is -3.50. The number of aryl methyl sites for hydroxylation is 1. The van der Waals surface area contributed by atoms with Crippen molar-refractivity contribution in [3.05, 3.63) is 71.0 Å². The first-order valence-electron chi connectivity index (χ1n) is 9.33. The third-order valence-electron chi connectivity index (χ3n) is 6.27. The van der Waals surface area contributed by atoms with Gasteiger partial charge in [-0.2, -0.15) is 15.8 Å². The van der Waals surface area contributed by atoms with E-state index in [0.29, 0.717) is 5.56 Å². The van der Waals surface area contributed by atoms with Crippen molar-refractivity contribution in [2.24, 2.45) is 16.7 Å². The molecule has 2 saturated heterocycles. The molecular weight excluding hydrogens is 383 g/mol. The SMILES string of the molecule is Cc1ccc(C23OC(=N)C(C#N)(C2C)C(C#N)(C#N)C(c2cccc(F)c2)O3)cc1. The summed E-state index contributed by atoms with van der Waals surface area (Å²) < 4.78 is 26.2. The molecule has 0 amide bonds. The van der Waals surface area contributed by atoms with Crippen molar-refractivity contribution < 1.29 is 13.9 Å². The topological polar surface area (TPSA) is 114 Å². The van der Waals surface area contributed by atoms with Crippen molar-refractivity contribution in [3.8, 4) is 18.2 Å². The number of benzene rings is 2. The predicted octanol–water partition coefficient (Wildman–Crippen LogP) is 4.25. The fraction of sp³-hybridized carbons (Fsp3) is 0.304. The number of hydrogen-bond donors (Lipinski definition) is 1. The number of nitriles is 3. The van der Waals surface area contributed by atoms with Crippen LogP contribution in [0, 0.1) is 68.9 Å². The van der Waals surface area contributed by atoms with Crippen LogP contribution in [0.3, 0.4) is 0 Å². The molecule has 30 heavy (non-hydrogen) atoms. The van der Waals surface area contributed by atoms with Gasteiger partial charge in [-0.25, -0.2) is 4.39 Å². The van der Waals surface area contributed by atoms with Crippen LogP contribution >= 0.6 is 0 Å². The van der Waals surface area contributed by atoms with Crippen LogP contribution < -0.4 is 0 Å². The molecule has 6 nitrogen and oxygen atoms in total. The Bertz CT molecular complexity index is 1160. The molecule has 0 radical (unpaired) electrons. The average Bonchev–Trinajstić information content (AvgIpc) is 2.90. The van der Waals surface area contributed by atoms with E-state index in [-0.39, 0.29) is 5.56 Å². The first-order valence-corrected chi connectivity index (χ1v) is 9.33. The number of hydrogen-bond acceptors (Lipinski definition) is 6. The quantitative estimate of drug-likeness (QED) is 0.810. The predicted molar refractivity (Wildman–Crippen MR) is 103 cm³/mol. The van der Waals surface area contributed by atoms with Crippen molar-refractivity contribution in [1.82, 2.24) is 0 Å². The molecule has 2 aliphatic rings. The molecule has 148 valence electrons. The van der Waals surface area contributed by atoms with E-state index in [1.54, 1.807) is 19.1 Å². The number of halogens is 1. The molecule has 2 aromatic carbocycles. The van der Waals surface area contributed by atoms with Gasteiger partial charge in [0.2, 0.25) is 17.1 Å². The van der Waals surface area contributed by atoms with Crippen molar-refractivity contribution in [2.45, 2.75) is 25.7 Å². The van der Waals surface area contributed by atoms with Crippen molar-refractivity contribution >= 4 is 5.90 Å². The van der Waals surface area contributed by atoms with Gasteiger partial charge in [-0.3, -0.25) is 5.41 Å². The van der Waals surface area contributed by atoms with Crippen LogP contribution in [0.4, 0.5) is 4.39 Å². The lowest BCUT2D eigenvalue weighted by Crippen LogP contribution is -2.57. The molecule has 2 bridgehead atoms. The smallest absolute Gasteiger partial charge is 0.244 e. The zero-order chi connectivity index (χ0) is 21.7. The van der Waals surface area contributed by atoms with Gasteiger partial charge >= 0.3 is 0 Å². The maximum absolute atomic E-state index is 14.0. The summed E-state index contributed by atoms with van der Waals surface area (Å²) in [7, 11) is 0. The largest absolute Gasteiger partial charge is 0.443 e. The van der Waals surface area contributed by atoms with Crippen LogP contribution in [-0.2, 0) is 15.3 Å². The zero-order valence-electron chi connectivity index (χ0n) is 16.3. The van der Waals surface area contributed by atoms with Crippen LogP contribution in [0.1, 0.15) is 29.7 Å². The van der Waals surface area contributed by atoms with E-state index in [4.69, 9.17) is 14.9 Å². The molecule has 2 aliphatic heterocycles. The van der Waals surface area contributed by atoms with Crippen LogP contribution in [0.15, 0.2) is 48.5 Å². The maximum Gasteiger partial charge on any atom is 0.244 e. The van der Waals surface area contributed by atoms with Crippen molar-refractivity contribution in [3.63, 3.8) is 0 Å². The Balaban J connectivity index is 2.04. The highest BCUT2D eigenvalue weighted by molar-refractivity contribution is 5.89. The molecule has 0 aliphatic carbocycles. The lowest BCUT2D eigenvalue weighted by molar-refractivity contribution is -0.288. The van der Waals surface area contributed by atoms with Crippen LogP contribution in [0.25, 0.3) is 0 Å². The molecule has 7 heteroatoms. The fourth-order valence-electron chi connectivity index (χ4n) is 4.62. The second-order valence-corrected chi connectivity index (χ2v) is 7.69. The molecule has 2 fully saturated rings. The molecule has 2 aromatic rings.